The predicted molar refractivity (Wildman–Crippen MR) is 75.9 cm³/mol. The normalized spacial score (nSPS) is 13.8. The third-order valence-electron chi connectivity index (χ3n) is 3.17. The molecule has 2 rings (SSSR count). The van der Waals surface area contributed by atoms with Gasteiger partial charge in [-0.15, -0.1) is 0 Å². The maximum atomic E-state index is 11.2. The first-order valence-electron chi connectivity index (χ1n) is 6.23. The molecule has 0 aliphatic rings. The number of aliphatic carboxylic acids is 1. The van der Waals surface area contributed by atoms with Crippen LogP contribution >= 0.6 is 0 Å². The van der Waals surface area contributed by atoms with Gasteiger partial charge in [0, 0.05) is 6.04 Å². The Morgan fingerprint density at radius 3 is 2.00 bits per heavy atom. The number of nitrogens with two attached hydrogens (primary N) is 1. The van der Waals surface area contributed by atoms with E-state index in [9.17, 15) is 9.90 Å². The zero-order chi connectivity index (χ0) is 13.8. The number of benzene rings is 2. The molecule has 98 valence electrons. The summed E-state index contributed by atoms with van der Waals surface area (Å²) < 4.78 is 0. The molecule has 0 radical (unpaired) electrons. The molecule has 3 N–H and O–H groups in total. The van der Waals surface area contributed by atoms with Crippen molar-refractivity contribution in [2.45, 2.75) is 18.9 Å². The Morgan fingerprint density at radius 2 is 1.53 bits per heavy atom. The van der Waals surface area contributed by atoms with Crippen LogP contribution in [0.2, 0.25) is 0 Å². The molecular weight excluding hydrogens is 238 g/mol. The van der Waals surface area contributed by atoms with Gasteiger partial charge in [-0.3, -0.25) is 4.79 Å². The number of carbonyl (C=O) groups is 1. The summed E-state index contributed by atoms with van der Waals surface area (Å²) in [6.07, 6.45) is 0. The van der Waals surface area contributed by atoms with Gasteiger partial charge in [0.2, 0.25) is 0 Å². The van der Waals surface area contributed by atoms with Gasteiger partial charge in [-0.2, -0.15) is 0 Å². The molecule has 19 heavy (non-hydrogen) atoms. The first-order valence-corrected chi connectivity index (χ1v) is 6.23. The minimum Gasteiger partial charge on any atom is -0.481 e. The summed E-state index contributed by atoms with van der Waals surface area (Å²) >= 11 is 0. The fourth-order valence-electron chi connectivity index (χ4n) is 2.18. The fourth-order valence-corrected chi connectivity index (χ4v) is 2.18. The lowest BCUT2D eigenvalue weighted by Gasteiger charge is -2.16. The molecule has 0 fully saturated rings. The van der Waals surface area contributed by atoms with Crippen LogP contribution < -0.4 is 5.73 Å². The molecule has 0 amide bonds. The first kappa shape index (κ1) is 13.3. The number of rotatable bonds is 4. The Bertz CT molecular complexity index is 547. The van der Waals surface area contributed by atoms with E-state index in [4.69, 9.17) is 5.73 Å². The number of hydrogen-bond donors (Lipinski definition) is 2. The Kier molecular flexibility index (Phi) is 3.97. The molecule has 0 saturated carbocycles. The Labute approximate surface area is 112 Å². The topological polar surface area (TPSA) is 63.3 Å². The van der Waals surface area contributed by atoms with Crippen LogP contribution in [0.1, 0.15) is 18.4 Å². The Hall–Kier alpha value is -2.13. The van der Waals surface area contributed by atoms with Crippen LogP contribution in [0.25, 0.3) is 11.1 Å². The average molecular weight is 255 g/mol. The smallest absolute Gasteiger partial charge is 0.312 e. The lowest BCUT2D eigenvalue weighted by Crippen LogP contribution is -2.30. The van der Waals surface area contributed by atoms with Gasteiger partial charge in [0.05, 0.1) is 5.92 Å². The van der Waals surface area contributed by atoms with E-state index in [0.717, 1.165) is 16.7 Å². The maximum absolute atomic E-state index is 11.2. The van der Waals surface area contributed by atoms with E-state index in [-0.39, 0.29) is 0 Å². The van der Waals surface area contributed by atoms with Crippen molar-refractivity contribution in [1.29, 1.82) is 0 Å². The molecule has 2 aromatic carbocycles. The minimum atomic E-state index is -0.887. The van der Waals surface area contributed by atoms with Crippen molar-refractivity contribution in [3.05, 3.63) is 60.2 Å². The van der Waals surface area contributed by atoms with Gasteiger partial charge < -0.3 is 10.8 Å². The third kappa shape index (κ3) is 3.01. The summed E-state index contributed by atoms with van der Waals surface area (Å²) in [4.78, 5) is 11.2. The number of hydrogen-bond acceptors (Lipinski definition) is 2. The van der Waals surface area contributed by atoms with Crippen molar-refractivity contribution in [2.75, 3.05) is 0 Å². The van der Waals surface area contributed by atoms with Crippen LogP contribution in [-0.4, -0.2) is 17.1 Å². The van der Waals surface area contributed by atoms with Crippen LogP contribution in [0, 0.1) is 0 Å². The first-order chi connectivity index (χ1) is 9.09. The lowest BCUT2D eigenvalue weighted by molar-refractivity contribution is -0.139. The monoisotopic (exact) mass is 255 g/mol. The quantitative estimate of drug-likeness (QED) is 0.883. The van der Waals surface area contributed by atoms with Gasteiger partial charge in [-0.05, 0) is 23.6 Å². The van der Waals surface area contributed by atoms with Crippen LogP contribution in [0.3, 0.4) is 0 Å². The van der Waals surface area contributed by atoms with E-state index in [2.05, 4.69) is 0 Å². The second-order valence-corrected chi connectivity index (χ2v) is 4.66. The molecule has 2 aromatic rings. The van der Waals surface area contributed by atoms with Crippen LogP contribution in [0.15, 0.2) is 54.6 Å². The van der Waals surface area contributed by atoms with Gasteiger partial charge >= 0.3 is 5.97 Å². The van der Waals surface area contributed by atoms with Crippen molar-refractivity contribution in [1.82, 2.24) is 0 Å². The van der Waals surface area contributed by atoms with Crippen molar-refractivity contribution in [3.63, 3.8) is 0 Å². The van der Waals surface area contributed by atoms with Gasteiger partial charge in [-0.1, -0.05) is 54.6 Å². The van der Waals surface area contributed by atoms with E-state index >= 15 is 0 Å². The highest BCUT2D eigenvalue weighted by molar-refractivity contribution is 5.77. The summed E-state index contributed by atoms with van der Waals surface area (Å²) in [5.74, 6) is -1.55. The van der Waals surface area contributed by atoms with Crippen LogP contribution in [0.5, 0.6) is 0 Å². The highest BCUT2D eigenvalue weighted by Crippen LogP contribution is 2.24. The van der Waals surface area contributed by atoms with Crippen molar-refractivity contribution in [2.24, 2.45) is 5.73 Å². The second-order valence-electron chi connectivity index (χ2n) is 4.66. The standard InChI is InChI=1S/C16H17NO2/c1-11(17)15(16(18)19)14-9-7-13(8-10-14)12-5-3-2-4-6-12/h2-11,15H,17H2,1H3,(H,18,19). The highest BCUT2D eigenvalue weighted by atomic mass is 16.4. The summed E-state index contributed by atoms with van der Waals surface area (Å²) in [7, 11) is 0. The van der Waals surface area contributed by atoms with E-state index in [1.165, 1.54) is 0 Å². The average Bonchev–Trinajstić information content (AvgIpc) is 2.40. The summed E-state index contributed by atoms with van der Waals surface area (Å²) in [5, 5.41) is 9.20. The molecule has 2 atom stereocenters. The van der Waals surface area contributed by atoms with E-state index in [0.29, 0.717) is 0 Å². The zero-order valence-corrected chi connectivity index (χ0v) is 10.8. The van der Waals surface area contributed by atoms with Crippen LogP contribution in [0.4, 0.5) is 0 Å². The SMILES string of the molecule is CC(N)C(C(=O)O)c1ccc(-c2ccccc2)cc1. The van der Waals surface area contributed by atoms with E-state index in [1.54, 1.807) is 6.92 Å². The number of carboxylic acid groups (broad SMARTS) is 1. The molecule has 0 aliphatic heterocycles. The minimum absolute atomic E-state index is 0.417. The molecule has 0 spiro atoms. The molecular formula is C16H17NO2. The highest BCUT2D eigenvalue weighted by Gasteiger charge is 2.23. The summed E-state index contributed by atoms with van der Waals surface area (Å²) in [6, 6.07) is 17.1. The van der Waals surface area contributed by atoms with Gasteiger partial charge in [0.15, 0.2) is 0 Å². The van der Waals surface area contributed by atoms with Gasteiger partial charge in [0.1, 0.15) is 0 Å². The molecule has 0 aromatic heterocycles. The molecule has 3 heteroatoms. The van der Waals surface area contributed by atoms with Gasteiger partial charge in [0.25, 0.3) is 0 Å². The Balaban J connectivity index is 2.30. The largest absolute Gasteiger partial charge is 0.481 e. The van der Waals surface area contributed by atoms with E-state index < -0.39 is 17.9 Å². The zero-order valence-electron chi connectivity index (χ0n) is 10.8. The summed E-state index contributed by atoms with van der Waals surface area (Å²) in [6.45, 7) is 1.71. The summed E-state index contributed by atoms with van der Waals surface area (Å²) in [5.41, 5.74) is 8.66. The van der Waals surface area contributed by atoms with Gasteiger partial charge in [-0.25, -0.2) is 0 Å². The fraction of sp³-hybridized carbons (Fsp3) is 0.188. The van der Waals surface area contributed by atoms with Crippen LogP contribution in [-0.2, 0) is 4.79 Å². The second kappa shape index (κ2) is 5.67. The third-order valence-corrected chi connectivity index (χ3v) is 3.17. The molecule has 0 saturated heterocycles. The van der Waals surface area contributed by atoms with Crippen molar-refractivity contribution in [3.8, 4) is 11.1 Å². The maximum Gasteiger partial charge on any atom is 0.312 e. The van der Waals surface area contributed by atoms with Crippen molar-refractivity contribution >= 4 is 5.97 Å². The molecule has 0 heterocycles. The molecule has 0 bridgehead atoms. The molecule has 2 unspecified atom stereocenters. The molecule has 3 nitrogen and oxygen atoms in total. The Morgan fingerprint density at radius 1 is 1.00 bits per heavy atom. The predicted octanol–water partition coefficient (Wildman–Crippen LogP) is 2.87. The molecule has 0 aliphatic carbocycles. The van der Waals surface area contributed by atoms with E-state index in [1.807, 2.05) is 54.6 Å². The lowest BCUT2D eigenvalue weighted by atomic mass is 9.91. The van der Waals surface area contributed by atoms with Crippen molar-refractivity contribution < 1.29 is 9.90 Å². The number of carboxylic acids is 1.